The van der Waals surface area contributed by atoms with Crippen molar-refractivity contribution >= 4 is 11.8 Å². The molecule has 0 aliphatic heterocycles. The van der Waals surface area contributed by atoms with E-state index in [-0.39, 0.29) is 28.5 Å². The van der Waals surface area contributed by atoms with Crippen LogP contribution in [0.2, 0.25) is 0 Å². The van der Waals surface area contributed by atoms with Crippen LogP contribution in [0.4, 0.5) is 0 Å². The molecule has 92 valence electrons. The van der Waals surface area contributed by atoms with E-state index in [9.17, 15) is 9.59 Å². The molecular formula is C12H9FeN3O2. The van der Waals surface area contributed by atoms with Gasteiger partial charge in [0.1, 0.15) is 11.4 Å². The zero-order chi connectivity index (χ0) is 12.1. The van der Waals surface area contributed by atoms with E-state index in [1.807, 2.05) is 0 Å². The van der Waals surface area contributed by atoms with E-state index in [2.05, 4.69) is 15.3 Å². The normalized spacial score (nSPS) is 9.11. The number of pyridine rings is 2. The minimum Gasteiger partial charge on any atom is -0.285 e. The largest absolute Gasteiger partial charge is 0.285 e. The third-order valence-corrected chi connectivity index (χ3v) is 2.02. The topological polar surface area (TPSA) is 72.0 Å². The molecule has 0 unspecified atom stereocenters. The molecule has 5 nitrogen and oxygen atoms in total. The van der Waals surface area contributed by atoms with Crippen LogP contribution in [-0.4, -0.2) is 21.8 Å². The molecule has 0 radical (unpaired) electrons. The van der Waals surface area contributed by atoms with Crippen molar-refractivity contribution in [3.63, 3.8) is 0 Å². The van der Waals surface area contributed by atoms with Gasteiger partial charge in [-0.1, -0.05) is 12.1 Å². The van der Waals surface area contributed by atoms with Crippen molar-refractivity contribution in [2.45, 2.75) is 0 Å². The number of aromatic nitrogens is 2. The van der Waals surface area contributed by atoms with E-state index in [0.29, 0.717) is 0 Å². The van der Waals surface area contributed by atoms with Crippen molar-refractivity contribution < 1.29 is 26.7 Å². The maximum absolute atomic E-state index is 11.6. The third kappa shape index (κ3) is 3.48. The Morgan fingerprint density at radius 2 is 1.28 bits per heavy atom. The van der Waals surface area contributed by atoms with Gasteiger partial charge in [0.05, 0.1) is 0 Å². The monoisotopic (exact) mass is 283 g/mol. The van der Waals surface area contributed by atoms with E-state index >= 15 is 0 Å². The minimum atomic E-state index is -0.541. The van der Waals surface area contributed by atoms with Crippen molar-refractivity contribution in [1.29, 1.82) is 0 Å². The van der Waals surface area contributed by atoms with Gasteiger partial charge in [-0.3, -0.25) is 24.9 Å². The van der Waals surface area contributed by atoms with E-state index < -0.39 is 11.8 Å². The Bertz CT molecular complexity index is 482. The molecule has 0 fully saturated rings. The van der Waals surface area contributed by atoms with Gasteiger partial charge in [0.2, 0.25) is 0 Å². The van der Waals surface area contributed by atoms with Gasteiger partial charge >= 0.3 is 0 Å². The number of imide groups is 1. The summed E-state index contributed by atoms with van der Waals surface area (Å²) in [7, 11) is 0. The molecule has 0 aromatic carbocycles. The number of hydrogen-bond acceptors (Lipinski definition) is 4. The van der Waals surface area contributed by atoms with Crippen LogP contribution in [0.15, 0.2) is 48.8 Å². The molecule has 0 atom stereocenters. The second-order valence-corrected chi connectivity index (χ2v) is 3.21. The van der Waals surface area contributed by atoms with Crippen LogP contribution in [0.3, 0.4) is 0 Å². The first kappa shape index (κ1) is 14.0. The average Bonchev–Trinajstić information content (AvgIpc) is 2.40. The number of amides is 2. The van der Waals surface area contributed by atoms with Gasteiger partial charge in [-0.15, -0.1) is 0 Å². The minimum absolute atomic E-state index is 0. The van der Waals surface area contributed by atoms with Crippen LogP contribution in [0.5, 0.6) is 0 Å². The fourth-order valence-corrected chi connectivity index (χ4v) is 1.23. The van der Waals surface area contributed by atoms with Gasteiger partial charge in [-0.05, 0) is 24.3 Å². The molecule has 0 spiro atoms. The first-order valence-electron chi connectivity index (χ1n) is 4.95. The van der Waals surface area contributed by atoms with Crippen LogP contribution in [0, 0.1) is 0 Å². The maximum Gasteiger partial charge on any atom is 0.276 e. The number of carbonyl (C=O) groups is 2. The van der Waals surface area contributed by atoms with Gasteiger partial charge in [-0.25, -0.2) is 0 Å². The van der Waals surface area contributed by atoms with Crippen LogP contribution >= 0.6 is 0 Å². The SMILES string of the molecule is O=C(NC(=O)c1ccccn1)c1ccccn1.[Fe]. The zero-order valence-corrected chi connectivity index (χ0v) is 10.3. The summed E-state index contributed by atoms with van der Waals surface area (Å²) >= 11 is 0. The average molecular weight is 283 g/mol. The molecule has 2 aromatic rings. The van der Waals surface area contributed by atoms with E-state index in [4.69, 9.17) is 0 Å². The summed E-state index contributed by atoms with van der Waals surface area (Å²) in [4.78, 5) is 30.9. The maximum atomic E-state index is 11.6. The van der Waals surface area contributed by atoms with Crippen molar-refractivity contribution in [3.8, 4) is 0 Å². The van der Waals surface area contributed by atoms with Crippen LogP contribution in [-0.2, 0) is 17.1 Å². The number of nitrogens with zero attached hydrogens (tertiary/aromatic N) is 2. The summed E-state index contributed by atoms with van der Waals surface area (Å²) < 4.78 is 0. The first-order chi connectivity index (χ1) is 8.27. The van der Waals surface area contributed by atoms with Crippen LogP contribution in [0.25, 0.3) is 0 Å². The number of hydrogen-bond donors (Lipinski definition) is 1. The van der Waals surface area contributed by atoms with Gasteiger partial charge < -0.3 is 0 Å². The first-order valence-corrected chi connectivity index (χ1v) is 4.95. The Hall–Kier alpha value is -2.04. The Morgan fingerprint density at radius 3 is 1.61 bits per heavy atom. The predicted molar refractivity (Wildman–Crippen MR) is 60.3 cm³/mol. The van der Waals surface area contributed by atoms with E-state index in [0.717, 1.165) is 0 Å². The molecule has 18 heavy (non-hydrogen) atoms. The second kappa shape index (κ2) is 6.64. The molecule has 2 amide bonds. The van der Waals surface area contributed by atoms with Crippen molar-refractivity contribution in [2.24, 2.45) is 0 Å². The molecule has 6 heteroatoms. The molecule has 2 rings (SSSR count). The van der Waals surface area contributed by atoms with Crippen LogP contribution in [0.1, 0.15) is 21.0 Å². The molecule has 0 saturated carbocycles. The van der Waals surface area contributed by atoms with Gasteiger partial charge in [0.25, 0.3) is 11.8 Å². The summed E-state index contributed by atoms with van der Waals surface area (Å²) in [6.45, 7) is 0. The predicted octanol–water partition coefficient (Wildman–Crippen LogP) is 1.04. The van der Waals surface area contributed by atoms with Gasteiger partial charge in [0.15, 0.2) is 0 Å². The van der Waals surface area contributed by atoms with Crippen molar-refractivity contribution in [3.05, 3.63) is 60.2 Å². The Kier molecular flexibility index (Phi) is 5.17. The quantitative estimate of drug-likeness (QED) is 0.660. The zero-order valence-electron chi connectivity index (χ0n) is 9.18. The molecular weight excluding hydrogens is 274 g/mol. The number of rotatable bonds is 2. The molecule has 2 heterocycles. The number of carbonyl (C=O) groups excluding carboxylic acids is 2. The van der Waals surface area contributed by atoms with E-state index in [1.54, 1.807) is 24.3 Å². The summed E-state index contributed by atoms with van der Waals surface area (Å²) in [5, 5.41) is 2.21. The molecule has 0 bridgehead atoms. The summed E-state index contributed by atoms with van der Waals surface area (Å²) in [5.41, 5.74) is 0.383. The standard InChI is InChI=1S/C12H9N3O2.Fe/c16-11(9-5-1-3-7-13-9)15-12(17)10-6-2-4-8-14-10;/h1-8H,(H,15,16,17);. The molecule has 0 aliphatic rings. The Morgan fingerprint density at radius 1 is 0.833 bits per heavy atom. The van der Waals surface area contributed by atoms with Crippen molar-refractivity contribution in [2.75, 3.05) is 0 Å². The third-order valence-electron chi connectivity index (χ3n) is 2.02. The van der Waals surface area contributed by atoms with Gasteiger partial charge in [0, 0.05) is 29.5 Å². The molecule has 0 saturated heterocycles. The van der Waals surface area contributed by atoms with Crippen molar-refractivity contribution in [1.82, 2.24) is 15.3 Å². The Balaban J connectivity index is 0.00000162. The smallest absolute Gasteiger partial charge is 0.276 e. The van der Waals surface area contributed by atoms with Gasteiger partial charge in [-0.2, -0.15) is 0 Å². The summed E-state index contributed by atoms with van der Waals surface area (Å²) in [6.07, 6.45) is 2.97. The second-order valence-electron chi connectivity index (χ2n) is 3.21. The fraction of sp³-hybridized carbons (Fsp3) is 0. The number of nitrogens with one attached hydrogen (secondary N) is 1. The summed E-state index contributed by atoms with van der Waals surface area (Å²) in [6, 6.07) is 9.79. The molecule has 0 aliphatic carbocycles. The van der Waals surface area contributed by atoms with E-state index in [1.165, 1.54) is 24.5 Å². The summed E-state index contributed by atoms with van der Waals surface area (Å²) in [5.74, 6) is -1.08. The Labute approximate surface area is 114 Å². The molecule has 1 N–H and O–H groups in total. The molecule has 2 aromatic heterocycles. The van der Waals surface area contributed by atoms with Crippen LogP contribution < -0.4 is 5.32 Å². The fourth-order valence-electron chi connectivity index (χ4n) is 1.23.